The molecule has 1 aromatic rings. The monoisotopic (exact) mass is 246 g/mol. The highest BCUT2D eigenvalue weighted by atomic mass is 16.5. The maximum Gasteiger partial charge on any atom is 0.0674 e. The van der Waals surface area contributed by atoms with Crippen molar-refractivity contribution >= 4 is 0 Å². The number of hydrogen-bond donors (Lipinski definition) is 1. The average molecular weight is 246 g/mol. The van der Waals surface area contributed by atoms with Crippen LogP contribution in [0.25, 0.3) is 0 Å². The minimum atomic E-state index is 0.127. The number of hydrogen-bond acceptors (Lipinski definition) is 3. The summed E-state index contributed by atoms with van der Waals surface area (Å²) in [6.45, 7) is 5.73. The molecule has 1 atom stereocenters. The van der Waals surface area contributed by atoms with Gasteiger partial charge in [0.25, 0.3) is 0 Å². The van der Waals surface area contributed by atoms with Crippen molar-refractivity contribution in [1.29, 1.82) is 0 Å². The minimum absolute atomic E-state index is 0.127. The van der Waals surface area contributed by atoms with Gasteiger partial charge in [0, 0.05) is 25.2 Å². The van der Waals surface area contributed by atoms with Gasteiger partial charge in [-0.2, -0.15) is 0 Å². The van der Waals surface area contributed by atoms with E-state index in [-0.39, 0.29) is 5.54 Å². The van der Waals surface area contributed by atoms with Gasteiger partial charge in [-0.15, -0.1) is 0 Å². The van der Waals surface area contributed by atoms with Gasteiger partial charge in [0.05, 0.1) is 12.7 Å². The fourth-order valence-electron chi connectivity index (χ4n) is 3.42. The maximum absolute atomic E-state index is 6.14. The Balaban J connectivity index is 1.85. The number of rotatable bonds is 2. The van der Waals surface area contributed by atoms with Gasteiger partial charge in [0.15, 0.2) is 0 Å². The van der Waals surface area contributed by atoms with Gasteiger partial charge in [-0.3, -0.25) is 4.90 Å². The van der Waals surface area contributed by atoms with E-state index < -0.39 is 0 Å². The van der Waals surface area contributed by atoms with Gasteiger partial charge in [-0.05, 0) is 30.9 Å². The molecule has 0 spiro atoms. The second kappa shape index (κ2) is 4.65. The lowest BCUT2D eigenvalue weighted by Crippen LogP contribution is -2.59. The molecule has 0 saturated carbocycles. The van der Waals surface area contributed by atoms with Crippen LogP contribution in [0.4, 0.5) is 0 Å². The van der Waals surface area contributed by atoms with Crippen molar-refractivity contribution in [2.24, 2.45) is 5.73 Å². The molecule has 1 saturated heterocycles. The first-order valence-corrected chi connectivity index (χ1v) is 6.87. The summed E-state index contributed by atoms with van der Waals surface area (Å²) in [4.78, 5) is 2.56. The van der Waals surface area contributed by atoms with Crippen LogP contribution in [0.5, 0.6) is 0 Å². The highest BCUT2D eigenvalue weighted by molar-refractivity contribution is 5.36. The minimum Gasteiger partial charge on any atom is -0.376 e. The van der Waals surface area contributed by atoms with Crippen molar-refractivity contribution in [2.75, 3.05) is 26.2 Å². The Hall–Kier alpha value is -0.900. The zero-order chi connectivity index (χ0) is 12.6. The van der Waals surface area contributed by atoms with Gasteiger partial charge < -0.3 is 10.5 Å². The molecule has 0 aromatic heterocycles. The second-order valence-corrected chi connectivity index (χ2v) is 5.68. The average Bonchev–Trinajstić information content (AvgIpc) is 2.78. The molecule has 2 aliphatic rings. The highest BCUT2D eigenvalue weighted by Crippen LogP contribution is 2.34. The van der Waals surface area contributed by atoms with Gasteiger partial charge in [0.2, 0.25) is 0 Å². The molecule has 0 radical (unpaired) electrons. The van der Waals surface area contributed by atoms with Crippen molar-refractivity contribution in [1.82, 2.24) is 4.90 Å². The Morgan fingerprint density at radius 1 is 1.33 bits per heavy atom. The fraction of sp³-hybridized carbons (Fsp3) is 0.600. The lowest BCUT2D eigenvalue weighted by Gasteiger charge is -2.44. The summed E-state index contributed by atoms with van der Waals surface area (Å²) in [5.41, 5.74) is 9.22. The molecule has 3 nitrogen and oxygen atoms in total. The molecular formula is C15H22N2O. The summed E-state index contributed by atoms with van der Waals surface area (Å²) in [5.74, 6) is 0. The predicted molar refractivity (Wildman–Crippen MR) is 72.6 cm³/mol. The number of morpholine rings is 1. The first kappa shape index (κ1) is 12.2. The lowest BCUT2D eigenvalue weighted by molar-refractivity contribution is -0.0582. The largest absolute Gasteiger partial charge is 0.376 e. The quantitative estimate of drug-likeness (QED) is 0.852. The van der Waals surface area contributed by atoms with Crippen LogP contribution in [0.3, 0.4) is 0 Å². The summed E-state index contributed by atoms with van der Waals surface area (Å²) in [6.07, 6.45) is 2.50. The highest BCUT2D eigenvalue weighted by Gasteiger charge is 2.42. The van der Waals surface area contributed by atoms with E-state index in [1.54, 1.807) is 0 Å². The van der Waals surface area contributed by atoms with Gasteiger partial charge in [-0.25, -0.2) is 0 Å². The molecule has 98 valence electrons. The Labute approximate surface area is 109 Å². The van der Waals surface area contributed by atoms with E-state index in [1.165, 1.54) is 11.1 Å². The van der Waals surface area contributed by atoms with Crippen molar-refractivity contribution in [2.45, 2.75) is 31.4 Å². The van der Waals surface area contributed by atoms with Gasteiger partial charge in [-0.1, -0.05) is 24.3 Å². The topological polar surface area (TPSA) is 38.5 Å². The first-order valence-electron chi connectivity index (χ1n) is 6.87. The van der Waals surface area contributed by atoms with E-state index in [0.717, 1.165) is 39.1 Å². The molecule has 1 unspecified atom stereocenters. The van der Waals surface area contributed by atoms with Gasteiger partial charge in [0.1, 0.15) is 0 Å². The Bertz CT molecular complexity index is 407. The summed E-state index contributed by atoms with van der Waals surface area (Å²) in [7, 11) is 0. The maximum atomic E-state index is 6.14. The Kier molecular flexibility index (Phi) is 3.14. The van der Waals surface area contributed by atoms with E-state index >= 15 is 0 Å². The summed E-state index contributed by atoms with van der Waals surface area (Å²) in [6, 6.07) is 8.76. The van der Waals surface area contributed by atoms with E-state index in [0.29, 0.717) is 6.10 Å². The zero-order valence-corrected chi connectivity index (χ0v) is 11.1. The third-order valence-corrected chi connectivity index (χ3v) is 4.45. The number of benzene rings is 1. The number of fused-ring (bicyclic) bond motifs is 1. The van der Waals surface area contributed by atoms with E-state index in [4.69, 9.17) is 10.5 Å². The van der Waals surface area contributed by atoms with E-state index in [9.17, 15) is 0 Å². The molecule has 0 bridgehead atoms. The molecule has 1 aromatic carbocycles. The van der Waals surface area contributed by atoms with Crippen molar-refractivity contribution in [3.63, 3.8) is 0 Å². The Morgan fingerprint density at radius 3 is 2.56 bits per heavy atom. The molecule has 1 fully saturated rings. The smallest absolute Gasteiger partial charge is 0.0674 e. The summed E-state index contributed by atoms with van der Waals surface area (Å²) >= 11 is 0. The molecular weight excluding hydrogens is 224 g/mol. The predicted octanol–water partition coefficient (Wildman–Crippen LogP) is 1.20. The molecule has 3 heteroatoms. The van der Waals surface area contributed by atoms with Crippen molar-refractivity contribution < 1.29 is 4.74 Å². The zero-order valence-electron chi connectivity index (χ0n) is 11.1. The van der Waals surface area contributed by atoms with Crippen molar-refractivity contribution in [3.8, 4) is 0 Å². The molecule has 18 heavy (non-hydrogen) atoms. The normalized spacial score (nSPS) is 27.1. The van der Waals surface area contributed by atoms with Crippen LogP contribution in [0.2, 0.25) is 0 Å². The standard InChI is InChI=1S/C15H22N2O/c1-12-10-17(6-7-18-12)15(11-16)8-13-4-2-3-5-14(13)9-15/h2-5,12H,6-11,16H2,1H3. The second-order valence-electron chi connectivity index (χ2n) is 5.68. The summed E-state index contributed by atoms with van der Waals surface area (Å²) < 4.78 is 5.65. The third kappa shape index (κ3) is 1.96. The van der Waals surface area contributed by atoms with Crippen LogP contribution in [0, 0.1) is 0 Å². The van der Waals surface area contributed by atoms with Gasteiger partial charge >= 0.3 is 0 Å². The molecule has 0 amide bonds. The lowest BCUT2D eigenvalue weighted by atomic mass is 9.92. The molecule has 3 rings (SSSR count). The van der Waals surface area contributed by atoms with Crippen LogP contribution in [-0.4, -0.2) is 42.8 Å². The first-order chi connectivity index (χ1) is 8.73. The Morgan fingerprint density at radius 2 is 2.00 bits per heavy atom. The SMILES string of the molecule is CC1CN(C2(CN)Cc3ccccc3C2)CCO1. The fourth-order valence-corrected chi connectivity index (χ4v) is 3.42. The van der Waals surface area contributed by atoms with Crippen molar-refractivity contribution in [3.05, 3.63) is 35.4 Å². The molecule has 2 N–H and O–H groups in total. The van der Waals surface area contributed by atoms with Crippen LogP contribution in [0.1, 0.15) is 18.1 Å². The van der Waals surface area contributed by atoms with Crippen LogP contribution in [0.15, 0.2) is 24.3 Å². The number of ether oxygens (including phenoxy) is 1. The van der Waals surface area contributed by atoms with E-state index in [1.807, 2.05) is 0 Å². The third-order valence-electron chi connectivity index (χ3n) is 4.45. The molecule has 1 aliphatic carbocycles. The van der Waals surface area contributed by atoms with Crippen LogP contribution < -0.4 is 5.73 Å². The number of nitrogens with zero attached hydrogens (tertiary/aromatic N) is 1. The van der Waals surface area contributed by atoms with Crippen LogP contribution >= 0.6 is 0 Å². The number of nitrogens with two attached hydrogens (primary N) is 1. The van der Waals surface area contributed by atoms with Crippen LogP contribution in [-0.2, 0) is 17.6 Å². The van der Waals surface area contributed by atoms with E-state index in [2.05, 4.69) is 36.1 Å². The molecule has 1 aliphatic heterocycles. The summed E-state index contributed by atoms with van der Waals surface area (Å²) in [5, 5.41) is 0. The molecule has 1 heterocycles.